The summed E-state index contributed by atoms with van der Waals surface area (Å²) in [5.41, 5.74) is 7.13. The number of carbonyl (C=O) groups is 4. The van der Waals surface area contributed by atoms with Gasteiger partial charge < -0.3 is 16.0 Å². The Kier molecular flexibility index (Phi) is 9.60. The summed E-state index contributed by atoms with van der Waals surface area (Å²) in [5.74, 6) is -1.84. The summed E-state index contributed by atoms with van der Waals surface area (Å²) in [6.45, 7) is 4.35. The molecule has 0 spiro atoms. The number of ketones is 1. The van der Waals surface area contributed by atoms with Crippen molar-refractivity contribution >= 4 is 23.5 Å². The number of benzene rings is 2. The molecule has 0 saturated carbocycles. The van der Waals surface area contributed by atoms with E-state index < -0.39 is 11.8 Å². The van der Waals surface area contributed by atoms with Crippen LogP contribution in [-0.2, 0) is 20.9 Å². The topological polar surface area (TPSA) is 110 Å². The Morgan fingerprint density at radius 2 is 1.69 bits per heavy atom. The summed E-state index contributed by atoms with van der Waals surface area (Å²) in [4.78, 5) is 50.3. The third-order valence-electron chi connectivity index (χ3n) is 5.10. The van der Waals surface area contributed by atoms with Crippen LogP contribution in [0.2, 0.25) is 0 Å². The number of hydrogen-bond acceptors (Lipinski definition) is 4. The summed E-state index contributed by atoms with van der Waals surface area (Å²) in [6.07, 6.45) is 1.67. The van der Waals surface area contributed by atoms with Crippen LogP contribution in [0.3, 0.4) is 0 Å². The summed E-state index contributed by atoms with van der Waals surface area (Å²) < 4.78 is 0. The number of rotatable bonds is 12. The van der Waals surface area contributed by atoms with E-state index >= 15 is 0 Å². The number of nitrogens with two attached hydrogens (primary N) is 1. The Morgan fingerprint density at radius 3 is 2.34 bits per heavy atom. The number of nitrogens with one attached hydrogen (secondary N) is 1. The minimum absolute atomic E-state index is 0.0677. The lowest BCUT2D eigenvalue weighted by molar-refractivity contribution is -0.134. The number of unbranched alkanes of at least 4 members (excludes halogenated alkanes) is 1. The highest BCUT2D eigenvalue weighted by molar-refractivity contribution is 6.09. The third-order valence-corrected chi connectivity index (χ3v) is 5.10. The smallest absolute Gasteiger partial charge is 0.242 e. The van der Waals surface area contributed by atoms with Crippen LogP contribution in [0.5, 0.6) is 0 Å². The molecule has 1 atom stereocenters. The van der Waals surface area contributed by atoms with Gasteiger partial charge in [0.1, 0.15) is 0 Å². The van der Waals surface area contributed by atoms with E-state index in [-0.39, 0.29) is 30.6 Å². The van der Waals surface area contributed by atoms with E-state index in [2.05, 4.69) is 5.32 Å². The molecule has 0 aromatic heterocycles. The number of amides is 3. The molecule has 1 unspecified atom stereocenters. The maximum absolute atomic E-state index is 12.8. The first-order valence-corrected chi connectivity index (χ1v) is 10.8. The molecule has 0 fully saturated rings. The van der Waals surface area contributed by atoms with E-state index in [0.717, 1.165) is 18.4 Å². The fraction of sp³-hybridized carbons (Fsp3) is 0.360. The highest BCUT2D eigenvalue weighted by Crippen LogP contribution is 2.14. The predicted octanol–water partition coefficient (Wildman–Crippen LogP) is 2.67. The van der Waals surface area contributed by atoms with Crippen molar-refractivity contribution in [1.29, 1.82) is 0 Å². The highest BCUT2D eigenvalue weighted by atomic mass is 16.2. The summed E-state index contributed by atoms with van der Waals surface area (Å²) >= 11 is 0. The highest BCUT2D eigenvalue weighted by Gasteiger charge is 2.19. The first kappa shape index (κ1) is 24.8. The average Bonchev–Trinajstić information content (AvgIpc) is 2.79. The molecule has 3 N–H and O–H groups in total. The van der Waals surface area contributed by atoms with Crippen molar-refractivity contribution in [2.45, 2.75) is 39.7 Å². The second-order valence-corrected chi connectivity index (χ2v) is 7.85. The Bertz CT molecular complexity index is 943. The van der Waals surface area contributed by atoms with Crippen molar-refractivity contribution in [3.63, 3.8) is 0 Å². The molecule has 2 aromatic rings. The van der Waals surface area contributed by atoms with E-state index in [1.165, 1.54) is 0 Å². The largest absolute Gasteiger partial charge is 0.370 e. The molecule has 0 aliphatic heterocycles. The number of nitrogens with zero attached hydrogens (tertiary/aromatic N) is 1. The van der Waals surface area contributed by atoms with Gasteiger partial charge in [-0.1, -0.05) is 68.8 Å². The van der Waals surface area contributed by atoms with Crippen LogP contribution in [-0.4, -0.2) is 41.5 Å². The molecule has 170 valence electrons. The number of primary amides is 1. The molecule has 0 aliphatic rings. The normalized spacial score (nSPS) is 11.4. The molecule has 0 radical (unpaired) electrons. The van der Waals surface area contributed by atoms with E-state index in [4.69, 9.17) is 5.73 Å². The van der Waals surface area contributed by atoms with Crippen molar-refractivity contribution in [2.75, 3.05) is 13.1 Å². The molecule has 0 heterocycles. The van der Waals surface area contributed by atoms with Gasteiger partial charge in [-0.15, -0.1) is 0 Å². The van der Waals surface area contributed by atoms with Crippen molar-refractivity contribution in [1.82, 2.24) is 10.2 Å². The quantitative estimate of drug-likeness (QED) is 0.498. The molecule has 0 bridgehead atoms. The Balaban J connectivity index is 2.06. The summed E-state index contributed by atoms with van der Waals surface area (Å²) in [5, 5.41) is 2.59. The molecule has 7 nitrogen and oxygen atoms in total. The molecule has 2 rings (SSSR count). The molecule has 7 heteroatoms. The Labute approximate surface area is 189 Å². The fourth-order valence-corrected chi connectivity index (χ4v) is 3.27. The lowest BCUT2D eigenvalue weighted by Gasteiger charge is -2.23. The van der Waals surface area contributed by atoms with E-state index in [1.807, 2.05) is 31.2 Å². The lowest BCUT2D eigenvalue weighted by Crippen LogP contribution is -2.42. The van der Waals surface area contributed by atoms with E-state index in [1.54, 1.807) is 42.2 Å². The van der Waals surface area contributed by atoms with Gasteiger partial charge in [-0.05, 0) is 18.1 Å². The minimum Gasteiger partial charge on any atom is -0.370 e. The van der Waals surface area contributed by atoms with Crippen molar-refractivity contribution < 1.29 is 19.2 Å². The average molecular weight is 438 g/mol. The maximum atomic E-state index is 12.8. The molecule has 0 aliphatic carbocycles. The van der Waals surface area contributed by atoms with Crippen molar-refractivity contribution in [3.05, 3.63) is 71.3 Å². The molecule has 0 saturated heterocycles. The second kappa shape index (κ2) is 12.4. The van der Waals surface area contributed by atoms with Gasteiger partial charge in [-0.25, -0.2) is 0 Å². The van der Waals surface area contributed by atoms with Crippen LogP contribution in [0.15, 0.2) is 54.6 Å². The van der Waals surface area contributed by atoms with E-state index in [0.29, 0.717) is 24.2 Å². The van der Waals surface area contributed by atoms with Crippen LogP contribution < -0.4 is 11.1 Å². The third kappa shape index (κ3) is 7.65. The van der Waals surface area contributed by atoms with Crippen molar-refractivity contribution in [3.8, 4) is 0 Å². The van der Waals surface area contributed by atoms with Crippen LogP contribution in [0.1, 0.15) is 54.6 Å². The van der Waals surface area contributed by atoms with E-state index in [9.17, 15) is 19.2 Å². The van der Waals surface area contributed by atoms with Crippen LogP contribution in [0, 0.1) is 5.92 Å². The molecule has 2 aromatic carbocycles. The number of carbonyl (C=O) groups excluding carboxylic acids is 4. The first-order valence-electron chi connectivity index (χ1n) is 10.8. The maximum Gasteiger partial charge on any atom is 0.242 e. The second-order valence-electron chi connectivity index (χ2n) is 7.85. The van der Waals surface area contributed by atoms with Gasteiger partial charge >= 0.3 is 0 Å². The number of hydrogen-bond donors (Lipinski definition) is 2. The zero-order valence-corrected chi connectivity index (χ0v) is 18.7. The molecular weight excluding hydrogens is 406 g/mol. The lowest BCUT2D eigenvalue weighted by atomic mass is 10.0. The van der Waals surface area contributed by atoms with Gasteiger partial charge in [0.25, 0.3) is 0 Å². The van der Waals surface area contributed by atoms with Crippen LogP contribution in [0.4, 0.5) is 0 Å². The summed E-state index contributed by atoms with van der Waals surface area (Å²) in [6, 6.07) is 16.3. The van der Waals surface area contributed by atoms with Gasteiger partial charge in [0.15, 0.2) is 5.78 Å². The van der Waals surface area contributed by atoms with Crippen LogP contribution >= 0.6 is 0 Å². The molecule has 32 heavy (non-hydrogen) atoms. The Hall–Kier alpha value is -3.48. The van der Waals surface area contributed by atoms with Gasteiger partial charge in [0.2, 0.25) is 17.7 Å². The fourth-order valence-electron chi connectivity index (χ4n) is 3.27. The summed E-state index contributed by atoms with van der Waals surface area (Å²) in [7, 11) is 0. The zero-order chi connectivity index (χ0) is 23.5. The van der Waals surface area contributed by atoms with Gasteiger partial charge in [-0.2, -0.15) is 0 Å². The predicted molar refractivity (Wildman–Crippen MR) is 123 cm³/mol. The van der Waals surface area contributed by atoms with Gasteiger partial charge in [-0.3, -0.25) is 19.2 Å². The minimum atomic E-state index is -0.593. The first-order chi connectivity index (χ1) is 15.3. The Morgan fingerprint density at radius 1 is 1.00 bits per heavy atom. The SMILES string of the molecule is CCCCN(Cc1cccc(C(=O)c2ccccc2)c1)C(=O)CNC(=O)C(C)CC(N)=O. The standard InChI is InChI=1S/C25H31N3O4/c1-3-4-13-28(23(30)16-27-25(32)18(2)14-22(26)29)17-19-9-8-12-21(15-19)24(31)20-10-6-5-7-11-20/h5-12,15,18H,3-4,13-14,16-17H2,1-2H3,(H2,26,29)(H,27,32). The van der Waals surface area contributed by atoms with Gasteiger partial charge in [0.05, 0.1) is 6.54 Å². The monoisotopic (exact) mass is 437 g/mol. The zero-order valence-electron chi connectivity index (χ0n) is 18.7. The van der Waals surface area contributed by atoms with Gasteiger partial charge in [0, 0.05) is 36.6 Å². The van der Waals surface area contributed by atoms with Crippen LogP contribution in [0.25, 0.3) is 0 Å². The molecular formula is C25H31N3O4. The molecule has 3 amide bonds. The van der Waals surface area contributed by atoms with Crippen molar-refractivity contribution in [2.24, 2.45) is 11.7 Å².